The van der Waals surface area contributed by atoms with Crippen LogP contribution in [0.5, 0.6) is 0 Å². The van der Waals surface area contributed by atoms with Crippen molar-refractivity contribution in [2.45, 2.75) is 24.3 Å². The summed E-state index contributed by atoms with van der Waals surface area (Å²) in [5.41, 5.74) is 0.982. The third-order valence-corrected chi connectivity index (χ3v) is 5.35. The van der Waals surface area contributed by atoms with Crippen LogP contribution in [0.1, 0.15) is 23.3 Å². The minimum Gasteiger partial charge on any atom is -0.338 e. The van der Waals surface area contributed by atoms with Gasteiger partial charge >= 0.3 is 6.03 Å². The van der Waals surface area contributed by atoms with Gasteiger partial charge in [-0.1, -0.05) is 25.1 Å². The smallest absolute Gasteiger partial charge is 0.315 e. The Morgan fingerprint density at radius 1 is 1.23 bits per heavy atom. The number of benzene rings is 1. The molecular formula is C16H20N2O2S2. The fourth-order valence-corrected chi connectivity index (χ4v) is 3.27. The van der Waals surface area contributed by atoms with Gasteiger partial charge in [-0.05, 0) is 29.1 Å². The van der Waals surface area contributed by atoms with E-state index in [0.29, 0.717) is 19.0 Å². The molecule has 2 N–H and O–H groups in total. The van der Waals surface area contributed by atoms with Crippen molar-refractivity contribution in [1.82, 2.24) is 10.6 Å². The zero-order chi connectivity index (χ0) is 15.9. The van der Waals surface area contributed by atoms with Gasteiger partial charge in [-0.2, -0.15) is 0 Å². The molecule has 118 valence electrons. The summed E-state index contributed by atoms with van der Waals surface area (Å²) in [4.78, 5) is 13.9. The van der Waals surface area contributed by atoms with Crippen LogP contribution in [0.15, 0.2) is 46.7 Å². The highest BCUT2D eigenvalue weighted by atomic mass is 32.2. The molecule has 0 unspecified atom stereocenters. The summed E-state index contributed by atoms with van der Waals surface area (Å²) in [7, 11) is -0.972. The molecule has 0 bridgehead atoms. The Labute approximate surface area is 137 Å². The molecule has 0 aliphatic heterocycles. The standard InChI is InChI=1S/C16H20N2O2S2/c1-12(15-4-3-9-21-15)10-17-16(19)18-11-13-5-7-14(8-6-13)22(2)20/h3-9,12H,10-11H2,1-2H3,(H2,17,18,19)/t12-,22-/m0/s1. The molecule has 0 fully saturated rings. The fraction of sp³-hybridized carbons (Fsp3) is 0.312. The highest BCUT2D eigenvalue weighted by Crippen LogP contribution is 2.19. The number of urea groups is 1. The predicted molar refractivity (Wildman–Crippen MR) is 91.7 cm³/mol. The maximum Gasteiger partial charge on any atom is 0.315 e. The Morgan fingerprint density at radius 3 is 2.55 bits per heavy atom. The Balaban J connectivity index is 1.74. The summed E-state index contributed by atoms with van der Waals surface area (Å²) in [5.74, 6) is 0.310. The SMILES string of the molecule is C[C@@H](CNC(=O)NCc1ccc([S@](C)=O)cc1)c1cccs1. The fourth-order valence-electron chi connectivity index (χ4n) is 1.96. The quantitative estimate of drug-likeness (QED) is 0.852. The van der Waals surface area contributed by atoms with Gasteiger partial charge in [-0.3, -0.25) is 4.21 Å². The second-order valence-electron chi connectivity index (χ2n) is 5.08. The molecule has 2 amide bonds. The zero-order valence-corrected chi connectivity index (χ0v) is 14.3. The van der Waals surface area contributed by atoms with Crippen molar-refractivity contribution in [3.05, 3.63) is 52.2 Å². The Bertz CT molecular complexity index is 624. The van der Waals surface area contributed by atoms with Crippen LogP contribution < -0.4 is 10.6 Å². The molecule has 1 aromatic heterocycles. The molecule has 1 aromatic carbocycles. The van der Waals surface area contributed by atoms with Crippen LogP contribution in [-0.4, -0.2) is 23.0 Å². The summed E-state index contributed by atoms with van der Waals surface area (Å²) < 4.78 is 11.3. The average molecular weight is 336 g/mol. The first-order valence-corrected chi connectivity index (χ1v) is 9.47. The number of carbonyl (C=O) groups excluding carboxylic acids is 1. The molecular weight excluding hydrogens is 316 g/mol. The van der Waals surface area contributed by atoms with Crippen LogP contribution in [0.25, 0.3) is 0 Å². The van der Waals surface area contributed by atoms with Crippen molar-refractivity contribution in [2.75, 3.05) is 12.8 Å². The van der Waals surface area contributed by atoms with E-state index in [-0.39, 0.29) is 6.03 Å². The molecule has 6 heteroatoms. The molecule has 2 atom stereocenters. The van der Waals surface area contributed by atoms with Crippen molar-refractivity contribution in [2.24, 2.45) is 0 Å². The summed E-state index contributed by atoms with van der Waals surface area (Å²) >= 11 is 1.70. The third kappa shape index (κ3) is 4.96. The van der Waals surface area contributed by atoms with Crippen LogP contribution in [0.2, 0.25) is 0 Å². The number of rotatable bonds is 6. The highest BCUT2D eigenvalue weighted by Gasteiger charge is 2.08. The first kappa shape index (κ1) is 16.7. The lowest BCUT2D eigenvalue weighted by molar-refractivity contribution is 0.240. The summed E-state index contributed by atoms with van der Waals surface area (Å²) in [6, 6.07) is 11.3. The van der Waals surface area contributed by atoms with Crippen LogP contribution >= 0.6 is 11.3 Å². The van der Waals surface area contributed by atoms with E-state index in [1.54, 1.807) is 17.6 Å². The Kier molecular flexibility index (Phi) is 6.15. The Morgan fingerprint density at radius 2 is 1.95 bits per heavy atom. The van der Waals surface area contributed by atoms with Gasteiger partial charge in [0.1, 0.15) is 0 Å². The van der Waals surface area contributed by atoms with Crippen molar-refractivity contribution in [3.63, 3.8) is 0 Å². The van der Waals surface area contributed by atoms with E-state index in [2.05, 4.69) is 23.6 Å². The van der Waals surface area contributed by atoms with Gasteiger partial charge in [-0.25, -0.2) is 4.79 Å². The van der Waals surface area contributed by atoms with Gasteiger partial charge in [0.2, 0.25) is 0 Å². The van der Waals surface area contributed by atoms with E-state index in [0.717, 1.165) is 10.5 Å². The van der Waals surface area contributed by atoms with Crippen molar-refractivity contribution in [3.8, 4) is 0 Å². The molecule has 2 rings (SSSR count). The molecule has 22 heavy (non-hydrogen) atoms. The normalized spacial score (nSPS) is 13.4. The van der Waals surface area contributed by atoms with E-state index < -0.39 is 10.8 Å². The molecule has 2 aromatic rings. The minimum absolute atomic E-state index is 0.174. The maximum absolute atomic E-state index is 11.8. The van der Waals surface area contributed by atoms with Crippen molar-refractivity contribution >= 4 is 28.2 Å². The lowest BCUT2D eigenvalue weighted by Crippen LogP contribution is -2.36. The van der Waals surface area contributed by atoms with Crippen LogP contribution in [-0.2, 0) is 17.3 Å². The number of carbonyl (C=O) groups is 1. The number of thiophene rings is 1. The number of amides is 2. The molecule has 0 radical (unpaired) electrons. The second-order valence-corrected chi connectivity index (χ2v) is 7.44. The topological polar surface area (TPSA) is 58.2 Å². The molecule has 0 saturated carbocycles. The Hall–Kier alpha value is -1.66. The molecule has 1 heterocycles. The van der Waals surface area contributed by atoms with Gasteiger partial charge < -0.3 is 10.6 Å². The first-order valence-electron chi connectivity index (χ1n) is 7.03. The van der Waals surface area contributed by atoms with Gasteiger partial charge in [0.25, 0.3) is 0 Å². The second kappa shape index (κ2) is 8.10. The van der Waals surface area contributed by atoms with Gasteiger partial charge in [0.05, 0.1) is 0 Å². The van der Waals surface area contributed by atoms with Crippen LogP contribution in [0, 0.1) is 0 Å². The van der Waals surface area contributed by atoms with Gasteiger partial charge in [0, 0.05) is 45.8 Å². The monoisotopic (exact) mass is 336 g/mol. The van der Waals surface area contributed by atoms with Crippen LogP contribution in [0.4, 0.5) is 4.79 Å². The summed E-state index contributed by atoms with van der Waals surface area (Å²) in [6.45, 7) is 3.16. The largest absolute Gasteiger partial charge is 0.338 e. The first-order chi connectivity index (χ1) is 10.6. The van der Waals surface area contributed by atoms with Crippen molar-refractivity contribution in [1.29, 1.82) is 0 Å². The lowest BCUT2D eigenvalue weighted by Gasteiger charge is -2.12. The van der Waals surface area contributed by atoms with E-state index in [4.69, 9.17) is 0 Å². The van der Waals surface area contributed by atoms with E-state index in [1.165, 1.54) is 4.88 Å². The number of nitrogens with one attached hydrogen (secondary N) is 2. The molecule has 0 aliphatic rings. The summed E-state index contributed by atoms with van der Waals surface area (Å²) in [5, 5.41) is 7.74. The molecule has 4 nitrogen and oxygen atoms in total. The zero-order valence-electron chi connectivity index (χ0n) is 12.7. The molecule has 0 saturated heterocycles. The molecule has 0 aliphatic carbocycles. The van der Waals surface area contributed by atoms with Crippen molar-refractivity contribution < 1.29 is 9.00 Å². The number of hydrogen-bond acceptors (Lipinski definition) is 3. The van der Waals surface area contributed by atoms with Gasteiger partial charge in [-0.15, -0.1) is 11.3 Å². The minimum atomic E-state index is -0.972. The average Bonchev–Trinajstić information content (AvgIpc) is 3.05. The lowest BCUT2D eigenvalue weighted by atomic mass is 10.1. The highest BCUT2D eigenvalue weighted by molar-refractivity contribution is 7.84. The number of hydrogen-bond donors (Lipinski definition) is 2. The third-order valence-electron chi connectivity index (χ3n) is 3.31. The predicted octanol–water partition coefficient (Wildman–Crippen LogP) is 3.09. The molecule has 0 spiro atoms. The van der Waals surface area contributed by atoms with E-state index in [9.17, 15) is 9.00 Å². The maximum atomic E-state index is 11.8. The van der Waals surface area contributed by atoms with E-state index >= 15 is 0 Å². The van der Waals surface area contributed by atoms with Gasteiger partial charge in [0.15, 0.2) is 0 Å². The van der Waals surface area contributed by atoms with Crippen LogP contribution in [0.3, 0.4) is 0 Å². The summed E-state index contributed by atoms with van der Waals surface area (Å²) in [6.07, 6.45) is 1.65. The van der Waals surface area contributed by atoms with E-state index in [1.807, 2.05) is 35.7 Å².